The van der Waals surface area contributed by atoms with Gasteiger partial charge in [0.05, 0.1) is 24.2 Å². The number of amides is 1. The predicted octanol–water partition coefficient (Wildman–Crippen LogP) is 1.43. The van der Waals surface area contributed by atoms with Gasteiger partial charge in [-0.2, -0.15) is 0 Å². The molecular formula is C17H25BFNO4. The summed E-state index contributed by atoms with van der Waals surface area (Å²) in [5.74, 6) is -0.542. The summed E-state index contributed by atoms with van der Waals surface area (Å²) in [6.45, 7) is 8.61. The highest BCUT2D eigenvalue weighted by molar-refractivity contribution is 6.62. The number of rotatable bonds is 6. The van der Waals surface area contributed by atoms with Gasteiger partial charge >= 0.3 is 7.12 Å². The molecule has 1 aliphatic heterocycles. The molecule has 0 saturated carbocycles. The number of methoxy groups -OCH3 is 1. The molecule has 1 aromatic carbocycles. The molecule has 7 heteroatoms. The summed E-state index contributed by atoms with van der Waals surface area (Å²) in [4.78, 5) is 12.1. The lowest BCUT2D eigenvalue weighted by Gasteiger charge is -2.32. The Hall–Kier alpha value is -1.44. The number of benzene rings is 1. The van der Waals surface area contributed by atoms with E-state index in [2.05, 4.69) is 5.32 Å². The molecule has 24 heavy (non-hydrogen) atoms. The van der Waals surface area contributed by atoms with Gasteiger partial charge in [0.15, 0.2) is 0 Å². The van der Waals surface area contributed by atoms with Gasteiger partial charge in [-0.25, -0.2) is 4.39 Å². The summed E-state index contributed by atoms with van der Waals surface area (Å²) in [6.07, 6.45) is 0.128. The van der Waals surface area contributed by atoms with Gasteiger partial charge in [0.2, 0.25) is 5.91 Å². The Morgan fingerprint density at radius 2 is 1.88 bits per heavy atom. The van der Waals surface area contributed by atoms with Crippen molar-refractivity contribution in [2.75, 3.05) is 20.3 Å². The molecule has 2 rings (SSSR count). The largest absolute Gasteiger partial charge is 0.495 e. The number of ether oxygens (including phenoxy) is 1. The van der Waals surface area contributed by atoms with E-state index in [0.29, 0.717) is 24.2 Å². The van der Waals surface area contributed by atoms with Crippen molar-refractivity contribution in [3.05, 3.63) is 29.6 Å². The van der Waals surface area contributed by atoms with Crippen molar-refractivity contribution in [1.29, 1.82) is 0 Å². The number of hydrogen-bond donors (Lipinski definition) is 1. The summed E-state index contributed by atoms with van der Waals surface area (Å²) in [7, 11) is 0.871. The molecule has 1 N–H and O–H groups in total. The first-order valence-electron chi connectivity index (χ1n) is 8.06. The molecule has 5 nitrogen and oxygen atoms in total. The molecule has 1 aromatic rings. The highest BCUT2D eigenvalue weighted by Crippen LogP contribution is 2.36. The van der Waals surface area contributed by atoms with Crippen LogP contribution in [0.2, 0.25) is 0 Å². The standard InChI is InChI=1S/C17H25BFNO4/c1-16(2)17(3,4)24-18(23-16)14-11-13(19)7-6-12(14)10-15(21)20-8-9-22-5/h6-7,11H,8-10H2,1-5H3,(H,20,21). The van der Waals surface area contributed by atoms with Crippen molar-refractivity contribution in [3.63, 3.8) is 0 Å². The summed E-state index contributed by atoms with van der Waals surface area (Å²) in [5.41, 5.74) is 0.185. The van der Waals surface area contributed by atoms with E-state index in [9.17, 15) is 9.18 Å². The second-order valence-corrected chi connectivity index (χ2v) is 6.95. The van der Waals surface area contributed by atoms with Crippen LogP contribution in [0, 0.1) is 5.82 Å². The van der Waals surface area contributed by atoms with Crippen LogP contribution in [0.1, 0.15) is 33.3 Å². The molecule has 0 bridgehead atoms. The molecule has 1 heterocycles. The third-order valence-electron chi connectivity index (χ3n) is 4.59. The van der Waals surface area contributed by atoms with Gasteiger partial charge in [-0.05, 0) is 50.9 Å². The first-order valence-corrected chi connectivity index (χ1v) is 8.06. The van der Waals surface area contributed by atoms with Crippen molar-refractivity contribution in [2.24, 2.45) is 0 Å². The van der Waals surface area contributed by atoms with E-state index in [1.165, 1.54) is 12.1 Å². The third-order valence-corrected chi connectivity index (χ3v) is 4.59. The minimum atomic E-state index is -0.701. The van der Waals surface area contributed by atoms with E-state index >= 15 is 0 Å². The van der Waals surface area contributed by atoms with E-state index in [0.717, 1.165) is 0 Å². The molecule has 0 aromatic heterocycles. The highest BCUT2D eigenvalue weighted by atomic mass is 19.1. The van der Waals surface area contributed by atoms with Crippen molar-refractivity contribution in [3.8, 4) is 0 Å². The molecule has 1 amide bonds. The zero-order valence-electron chi connectivity index (χ0n) is 14.9. The Kier molecular flexibility index (Phi) is 5.68. The van der Waals surface area contributed by atoms with Crippen LogP contribution in [0.5, 0.6) is 0 Å². The molecule has 0 unspecified atom stereocenters. The topological polar surface area (TPSA) is 56.8 Å². The minimum absolute atomic E-state index is 0.128. The average molecular weight is 337 g/mol. The van der Waals surface area contributed by atoms with Crippen LogP contribution >= 0.6 is 0 Å². The van der Waals surface area contributed by atoms with Gasteiger partial charge in [0, 0.05) is 13.7 Å². The van der Waals surface area contributed by atoms with Gasteiger partial charge in [-0.3, -0.25) is 4.79 Å². The van der Waals surface area contributed by atoms with Crippen LogP contribution in [-0.4, -0.2) is 44.5 Å². The van der Waals surface area contributed by atoms with Crippen LogP contribution < -0.4 is 10.8 Å². The maximum atomic E-state index is 13.7. The number of carbonyl (C=O) groups is 1. The molecule has 1 aliphatic rings. The molecule has 0 radical (unpaired) electrons. The maximum absolute atomic E-state index is 13.7. The second kappa shape index (κ2) is 7.21. The van der Waals surface area contributed by atoms with Gasteiger partial charge in [0.25, 0.3) is 0 Å². The quantitative estimate of drug-likeness (QED) is 0.630. The molecular weight excluding hydrogens is 312 g/mol. The lowest BCUT2D eigenvalue weighted by atomic mass is 9.75. The Morgan fingerprint density at radius 1 is 1.25 bits per heavy atom. The fraction of sp³-hybridized carbons (Fsp3) is 0.588. The average Bonchev–Trinajstić information content (AvgIpc) is 2.69. The first kappa shape index (κ1) is 18.9. The van der Waals surface area contributed by atoms with Crippen LogP contribution in [0.25, 0.3) is 0 Å². The zero-order valence-corrected chi connectivity index (χ0v) is 14.9. The van der Waals surface area contributed by atoms with Crippen LogP contribution in [0.4, 0.5) is 4.39 Å². The summed E-state index contributed by atoms with van der Waals surface area (Å²) < 4.78 is 30.6. The van der Waals surface area contributed by atoms with Gasteiger partial charge in [0.1, 0.15) is 5.82 Å². The van der Waals surface area contributed by atoms with E-state index in [1.807, 2.05) is 27.7 Å². The summed E-state index contributed by atoms with van der Waals surface area (Å²) in [6, 6.07) is 4.32. The minimum Gasteiger partial charge on any atom is -0.399 e. The number of halogens is 1. The molecule has 1 saturated heterocycles. The Labute approximate surface area is 143 Å². The normalized spacial score (nSPS) is 18.7. The number of hydrogen-bond acceptors (Lipinski definition) is 4. The Balaban J connectivity index is 2.18. The predicted molar refractivity (Wildman–Crippen MR) is 90.7 cm³/mol. The molecule has 132 valence electrons. The van der Waals surface area contributed by atoms with Gasteiger partial charge < -0.3 is 19.4 Å². The lowest BCUT2D eigenvalue weighted by molar-refractivity contribution is -0.120. The monoisotopic (exact) mass is 337 g/mol. The summed E-state index contributed by atoms with van der Waals surface area (Å²) in [5, 5.41) is 2.76. The van der Waals surface area contributed by atoms with Gasteiger partial charge in [-0.1, -0.05) is 6.07 Å². The lowest BCUT2D eigenvalue weighted by Crippen LogP contribution is -2.41. The second-order valence-electron chi connectivity index (χ2n) is 6.95. The van der Waals surface area contributed by atoms with Crippen molar-refractivity contribution >= 4 is 18.5 Å². The molecule has 1 fully saturated rings. The van der Waals surface area contributed by atoms with Crippen molar-refractivity contribution in [2.45, 2.75) is 45.3 Å². The summed E-state index contributed by atoms with van der Waals surface area (Å²) >= 11 is 0. The molecule has 0 aliphatic carbocycles. The molecule has 0 spiro atoms. The van der Waals surface area contributed by atoms with E-state index < -0.39 is 18.3 Å². The number of carbonyl (C=O) groups excluding carboxylic acids is 1. The fourth-order valence-electron chi connectivity index (χ4n) is 2.44. The van der Waals surface area contributed by atoms with Gasteiger partial charge in [-0.15, -0.1) is 0 Å². The number of nitrogens with one attached hydrogen (secondary N) is 1. The van der Waals surface area contributed by atoms with Crippen molar-refractivity contribution in [1.82, 2.24) is 5.32 Å². The smallest absolute Gasteiger partial charge is 0.399 e. The van der Waals surface area contributed by atoms with E-state index in [4.69, 9.17) is 14.0 Å². The molecule has 0 atom stereocenters. The van der Waals surface area contributed by atoms with Crippen LogP contribution in [0.3, 0.4) is 0 Å². The first-order chi connectivity index (χ1) is 11.2. The van der Waals surface area contributed by atoms with E-state index in [1.54, 1.807) is 13.2 Å². The Morgan fingerprint density at radius 3 is 2.46 bits per heavy atom. The van der Waals surface area contributed by atoms with E-state index in [-0.39, 0.29) is 18.1 Å². The maximum Gasteiger partial charge on any atom is 0.495 e. The van der Waals surface area contributed by atoms with Crippen molar-refractivity contribution < 1.29 is 23.2 Å². The zero-order chi connectivity index (χ0) is 18.0. The third kappa shape index (κ3) is 4.15. The van der Waals surface area contributed by atoms with Crippen LogP contribution in [0.15, 0.2) is 18.2 Å². The highest BCUT2D eigenvalue weighted by Gasteiger charge is 2.52. The van der Waals surface area contributed by atoms with Crippen LogP contribution in [-0.2, 0) is 25.3 Å². The Bertz CT molecular complexity index is 590. The SMILES string of the molecule is COCCNC(=O)Cc1ccc(F)cc1B1OC(C)(C)C(C)(C)O1. The fourth-order valence-corrected chi connectivity index (χ4v) is 2.44.